The summed E-state index contributed by atoms with van der Waals surface area (Å²) in [5.74, 6) is -0.844. The zero-order valence-electron chi connectivity index (χ0n) is 28.0. The number of nitrogens with zero attached hydrogens (tertiary/aromatic N) is 3. The number of amides is 2. The van der Waals surface area contributed by atoms with Gasteiger partial charge in [0.15, 0.2) is 0 Å². The molecule has 2 amide bonds. The first-order valence-electron chi connectivity index (χ1n) is 15.5. The number of hydrogen-bond donors (Lipinski definition) is 3. The molecular formula is C37H37BrFN5O5. The van der Waals surface area contributed by atoms with Crippen molar-refractivity contribution in [2.75, 3.05) is 5.32 Å². The van der Waals surface area contributed by atoms with Gasteiger partial charge in [0.05, 0.1) is 22.6 Å². The molecule has 3 aromatic carbocycles. The van der Waals surface area contributed by atoms with Crippen molar-refractivity contribution < 1.29 is 23.8 Å². The van der Waals surface area contributed by atoms with Gasteiger partial charge in [0.25, 0.3) is 5.56 Å². The van der Waals surface area contributed by atoms with Crippen molar-refractivity contribution >= 4 is 33.7 Å². The smallest absolute Gasteiger partial charge is 0.335 e. The number of carbonyl (C=O) groups is 2. The fraction of sp³-hybridized carbons (Fsp3) is 0.243. The number of ether oxygens (including phenoxy) is 1. The van der Waals surface area contributed by atoms with Crippen LogP contribution < -0.4 is 20.9 Å². The van der Waals surface area contributed by atoms with E-state index < -0.39 is 23.4 Å². The van der Waals surface area contributed by atoms with Crippen molar-refractivity contribution in [2.24, 2.45) is 0 Å². The first-order chi connectivity index (χ1) is 23.1. The molecular weight excluding hydrogens is 693 g/mol. The van der Waals surface area contributed by atoms with Crippen LogP contribution in [0.1, 0.15) is 64.8 Å². The molecule has 0 aliphatic rings. The van der Waals surface area contributed by atoms with Gasteiger partial charge < -0.3 is 15.2 Å². The highest BCUT2D eigenvalue weighted by molar-refractivity contribution is 9.10. The van der Waals surface area contributed by atoms with Crippen molar-refractivity contribution in [3.05, 3.63) is 133 Å². The Hall–Kier alpha value is -5.23. The number of aromatic nitrogens is 3. The topological polar surface area (TPSA) is 127 Å². The van der Waals surface area contributed by atoms with Crippen LogP contribution in [-0.2, 0) is 18.6 Å². The van der Waals surface area contributed by atoms with E-state index in [2.05, 4.69) is 26.6 Å². The van der Waals surface area contributed by atoms with Gasteiger partial charge in [0.1, 0.15) is 28.5 Å². The van der Waals surface area contributed by atoms with Gasteiger partial charge in [-0.2, -0.15) is 5.10 Å². The zero-order chi connectivity index (χ0) is 35.6. The van der Waals surface area contributed by atoms with Crippen LogP contribution in [0.3, 0.4) is 0 Å². The molecule has 0 saturated heterocycles. The lowest BCUT2D eigenvalue weighted by molar-refractivity contribution is 0.0696. The molecule has 5 rings (SSSR count). The van der Waals surface area contributed by atoms with E-state index in [0.29, 0.717) is 28.3 Å². The van der Waals surface area contributed by atoms with Crippen LogP contribution in [0.2, 0.25) is 0 Å². The second kappa shape index (κ2) is 14.1. The third-order valence-electron chi connectivity index (χ3n) is 7.99. The summed E-state index contributed by atoms with van der Waals surface area (Å²) in [5, 5.41) is 19.9. The van der Waals surface area contributed by atoms with Gasteiger partial charge in [-0.1, -0.05) is 50.6 Å². The summed E-state index contributed by atoms with van der Waals surface area (Å²) < 4.78 is 23.7. The van der Waals surface area contributed by atoms with E-state index >= 15 is 0 Å². The van der Waals surface area contributed by atoms with Crippen LogP contribution in [0.5, 0.6) is 5.75 Å². The number of pyridine rings is 1. The van der Waals surface area contributed by atoms with E-state index in [9.17, 15) is 23.9 Å². The molecule has 0 aliphatic carbocycles. The number of carboxylic acids is 1. The van der Waals surface area contributed by atoms with Crippen LogP contribution in [0.15, 0.2) is 82.1 Å². The highest BCUT2D eigenvalue weighted by atomic mass is 79.9. The lowest BCUT2D eigenvalue weighted by Crippen LogP contribution is -2.29. The van der Waals surface area contributed by atoms with Gasteiger partial charge in [0, 0.05) is 29.8 Å². The SMILES string of the molecule is Cc1ccc(-n2nc(C(C)(C)C)cc2NC(=O)NCc2cc(F)ccc2COc2cc(C)n(-c3cc(C(=O)O)ccc3C)c(=O)c2Br)cc1. The third-order valence-corrected chi connectivity index (χ3v) is 8.72. The highest BCUT2D eigenvalue weighted by Crippen LogP contribution is 2.28. The predicted molar refractivity (Wildman–Crippen MR) is 190 cm³/mol. The minimum absolute atomic E-state index is 0.00588. The number of carboxylic acid groups (broad SMARTS) is 1. The van der Waals surface area contributed by atoms with Crippen LogP contribution in [0.4, 0.5) is 15.0 Å². The van der Waals surface area contributed by atoms with Crippen LogP contribution in [0.25, 0.3) is 11.4 Å². The van der Waals surface area contributed by atoms with Crippen LogP contribution in [0, 0.1) is 26.6 Å². The second-order valence-corrected chi connectivity index (χ2v) is 13.6. The molecule has 0 saturated carbocycles. The maximum absolute atomic E-state index is 14.4. The molecule has 0 bridgehead atoms. The zero-order valence-corrected chi connectivity index (χ0v) is 29.6. The normalized spacial score (nSPS) is 11.3. The molecule has 2 aromatic heterocycles. The summed E-state index contributed by atoms with van der Waals surface area (Å²) in [6.07, 6.45) is 0. The number of aromatic carboxylic acids is 1. The maximum atomic E-state index is 14.4. The molecule has 10 nitrogen and oxygen atoms in total. The molecule has 12 heteroatoms. The van der Waals surface area contributed by atoms with E-state index in [0.717, 1.165) is 22.5 Å². The van der Waals surface area contributed by atoms with Crippen molar-refractivity contribution in [3.63, 3.8) is 0 Å². The Bertz CT molecular complexity index is 2120. The van der Waals surface area contributed by atoms with Crippen molar-refractivity contribution in [1.29, 1.82) is 0 Å². The molecule has 2 heterocycles. The minimum Gasteiger partial charge on any atom is -0.487 e. The van der Waals surface area contributed by atoms with Crippen molar-refractivity contribution in [1.82, 2.24) is 19.7 Å². The standard InChI is InChI=1S/C37H37BrFN5O5/c1-21-7-13-28(14-8-21)44-32(18-31(42-44)37(4,5)6)41-36(48)40-19-26-16-27(39)12-11-25(26)20-49-30-15-23(3)43(34(45)33(30)38)29-17-24(35(46)47)10-9-22(29)2/h7-18H,19-20H2,1-6H3,(H,46,47)(H2,40,41,48). The highest BCUT2D eigenvalue weighted by Gasteiger charge is 2.22. The monoisotopic (exact) mass is 729 g/mol. The third kappa shape index (κ3) is 7.92. The molecule has 0 aliphatic heterocycles. The van der Waals surface area contributed by atoms with Gasteiger partial charge in [-0.15, -0.1) is 0 Å². The Balaban J connectivity index is 1.33. The number of halogens is 2. The molecule has 0 unspecified atom stereocenters. The second-order valence-electron chi connectivity index (χ2n) is 12.8. The lowest BCUT2D eigenvalue weighted by atomic mass is 9.92. The first kappa shape index (κ1) is 35.1. The Morgan fingerprint density at radius 1 is 0.959 bits per heavy atom. The minimum atomic E-state index is -1.10. The quantitative estimate of drug-likeness (QED) is 0.142. The van der Waals surface area contributed by atoms with Crippen LogP contribution in [-0.4, -0.2) is 31.5 Å². The van der Waals surface area contributed by atoms with E-state index in [1.165, 1.54) is 28.8 Å². The number of carbonyl (C=O) groups excluding carboxylic acids is 1. The van der Waals surface area contributed by atoms with Gasteiger partial charge in [-0.05, 0) is 89.8 Å². The summed E-state index contributed by atoms with van der Waals surface area (Å²) >= 11 is 3.35. The molecule has 0 spiro atoms. The average molecular weight is 731 g/mol. The van der Waals surface area contributed by atoms with Crippen LogP contribution >= 0.6 is 15.9 Å². The first-order valence-corrected chi connectivity index (χ1v) is 16.3. The fourth-order valence-electron chi connectivity index (χ4n) is 5.18. The molecule has 0 fully saturated rings. The molecule has 0 radical (unpaired) electrons. The maximum Gasteiger partial charge on any atom is 0.335 e. The summed E-state index contributed by atoms with van der Waals surface area (Å²) in [6, 6.07) is 19.6. The molecule has 49 heavy (non-hydrogen) atoms. The number of hydrogen-bond acceptors (Lipinski definition) is 5. The van der Waals surface area contributed by atoms with E-state index in [4.69, 9.17) is 9.84 Å². The number of benzene rings is 3. The van der Waals surface area contributed by atoms with E-state index in [1.54, 1.807) is 36.7 Å². The summed E-state index contributed by atoms with van der Waals surface area (Å²) in [4.78, 5) is 38.2. The molecule has 3 N–H and O–H groups in total. The van der Waals surface area contributed by atoms with Crippen molar-refractivity contribution in [3.8, 4) is 17.1 Å². The Morgan fingerprint density at radius 2 is 1.67 bits per heavy atom. The predicted octanol–water partition coefficient (Wildman–Crippen LogP) is 7.75. The fourth-order valence-corrected chi connectivity index (χ4v) is 5.59. The van der Waals surface area contributed by atoms with Gasteiger partial charge in [0.2, 0.25) is 0 Å². The summed E-state index contributed by atoms with van der Waals surface area (Å²) in [6.45, 7) is 11.6. The number of aryl methyl sites for hydroxylation is 3. The number of urea groups is 1. The summed E-state index contributed by atoms with van der Waals surface area (Å²) in [7, 11) is 0. The lowest BCUT2D eigenvalue weighted by Gasteiger charge is -2.17. The number of rotatable bonds is 9. The molecule has 0 atom stereocenters. The average Bonchev–Trinajstić information content (AvgIpc) is 3.47. The van der Waals surface area contributed by atoms with Crippen molar-refractivity contribution in [2.45, 2.75) is 60.1 Å². The molecule has 254 valence electrons. The van der Waals surface area contributed by atoms with E-state index in [1.807, 2.05) is 58.0 Å². The largest absolute Gasteiger partial charge is 0.487 e. The van der Waals surface area contributed by atoms with Gasteiger partial charge in [-0.3, -0.25) is 14.7 Å². The number of nitrogens with one attached hydrogen (secondary N) is 2. The Morgan fingerprint density at radius 3 is 2.35 bits per heavy atom. The van der Waals surface area contributed by atoms with Gasteiger partial charge in [-0.25, -0.2) is 18.7 Å². The Kier molecular flexibility index (Phi) is 10.1. The number of anilines is 1. The molecule has 5 aromatic rings. The Labute approximate surface area is 291 Å². The van der Waals surface area contributed by atoms with E-state index in [-0.39, 0.29) is 34.4 Å². The summed E-state index contributed by atoms with van der Waals surface area (Å²) in [5.41, 5.74) is 4.81. The van der Waals surface area contributed by atoms with Gasteiger partial charge >= 0.3 is 12.0 Å².